The summed E-state index contributed by atoms with van der Waals surface area (Å²) >= 11 is 0. The van der Waals surface area contributed by atoms with E-state index < -0.39 is 5.54 Å². The Morgan fingerprint density at radius 2 is 2.04 bits per heavy atom. The summed E-state index contributed by atoms with van der Waals surface area (Å²) in [6, 6.07) is 4.29. The van der Waals surface area contributed by atoms with Crippen LogP contribution in [0, 0.1) is 6.92 Å². The lowest BCUT2D eigenvalue weighted by Crippen LogP contribution is -2.68. The molecule has 4 aliphatic rings. The van der Waals surface area contributed by atoms with Gasteiger partial charge in [-0.05, 0) is 31.4 Å². The molecule has 134 valence electrons. The number of aryl methyl sites for hydroxylation is 1. The van der Waals surface area contributed by atoms with Crippen LogP contribution in [0.3, 0.4) is 0 Å². The normalized spacial score (nSPS) is 29.8. The van der Waals surface area contributed by atoms with Gasteiger partial charge in [0, 0.05) is 29.9 Å². The van der Waals surface area contributed by atoms with Crippen molar-refractivity contribution in [1.29, 1.82) is 0 Å². The van der Waals surface area contributed by atoms with E-state index in [1.807, 2.05) is 0 Å². The Hall–Kier alpha value is -1.79. The molecule has 6 nitrogen and oxygen atoms in total. The van der Waals surface area contributed by atoms with Gasteiger partial charge in [-0.15, -0.1) is 0 Å². The molecule has 25 heavy (non-hydrogen) atoms. The summed E-state index contributed by atoms with van der Waals surface area (Å²) in [4.78, 5) is 12.1. The number of ether oxygens (including phenoxy) is 3. The van der Waals surface area contributed by atoms with Gasteiger partial charge in [-0.3, -0.25) is 4.79 Å². The van der Waals surface area contributed by atoms with E-state index in [1.165, 1.54) is 24.0 Å². The average molecular weight is 344 g/mol. The minimum atomic E-state index is -0.834. The molecule has 6 heteroatoms. The number of amides is 1. The van der Waals surface area contributed by atoms with E-state index in [2.05, 4.69) is 24.4 Å². The number of nitrogens with two attached hydrogens (primary N) is 1. The van der Waals surface area contributed by atoms with Crippen LogP contribution < -0.4 is 20.5 Å². The van der Waals surface area contributed by atoms with Crippen molar-refractivity contribution < 1.29 is 19.0 Å². The number of hydrogen-bond acceptors (Lipinski definition) is 5. The van der Waals surface area contributed by atoms with Crippen LogP contribution in [0.4, 0.5) is 0 Å². The average Bonchev–Trinajstić information content (AvgIpc) is 3.19. The van der Waals surface area contributed by atoms with Crippen LogP contribution >= 0.6 is 0 Å². The summed E-state index contributed by atoms with van der Waals surface area (Å²) in [5.41, 5.74) is 7.78. The molecule has 1 aromatic carbocycles. The minimum Gasteiger partial charge on any atom is -0.492 e. The maximum absolute atomic E-state index is 12.1. The van der Waals surface area contributed by atoms with Gasteiger partial charge < -0.3 is 25.3 Å². The van der Waals surface area contributed by atoms with Gasteiger partial charge in [-0.1, -0.05) is 6.07 Å². The van der Waals surface area contributed by atoms with Crippen molar-refractivity contribution in [2.24, 2.45) is 5.73 Å². The quantitative estimate of drug-likeness (QED) is 0.857. The maximum atomic E-state index is 12.1. The lowest BCUT2D eigenvalue weighted by molar-refractivity contribution is -0.145. The third-order valence-corrected chi connectivity index (χ3v) is 6.09. The highest BCUT2D eigenvalue weighted by Crippen LogP contribution is 2.59. The number of fused-ring (bicyclic) bond motifs is 2. The van der Waals surface area contributed by atoms with Crippen LogP contribution in [-0.4, -0.2) is 43.4 Å². The largest absolute Gasteiger partial charge is 0.492 e. The summed E-state index contributed by atoms with van der Waals surface area (Å²) in [5, 5.41) is 3.02. The van der Waals surface area contributed by atoms with E-state index in [-0.39, 0.29) is 23.5 Å². The molecule has 2 heterocycles. The fraction of sp³-hybridized carbons (Fsp3) is 0.632. The minimum absolute atomic E-state index is 0.108. The molecule has 2 saturated carbocycles. The van der Waals surface area contributed by atoms with Gasteiger partial charge in [0.25, 0.3) is 0 Å². The fourth-order valence-electron chi connectivity index (χ4n) is 4.02. The SMILES string of the molecule is Cc1ccc(OC2CC(NC(=O)C3(N)COC3)C2)c2c1OCC21CC1. The van der Waals surface area contributed by atoms with Gasteiger partial charge in [0.05, 0.1) is 19.8 Å². The van der Waals surface area contributed by atoms with E-state index in [4.69, 9.17) is 19.9 Å². The van der Waals surface area contributed by atoms with Gasteiger partial charge in [-0.25, -0.2) is 0 Å². The predicted molar refractivity (Wildman–Crippen MR) is 90.9 cm³/mol. The molecule has 0 radical (unpaired) electrons. The molecule has 0 bridgehead atoms. The maximum Gasteiger partial charge on any atom is 0.245 e. The van der Waals surface area contributed by atoms with E-state index in [9.17, 15) is 4.79 Å². The summed E-state index contributed by atoms with van der Waals surface area (Å²) < 4.78 is 17.3. The Morgan fingerprint density at radius 3 is 2.68 bits per heavy atom. The zero-order chi connectivity index (χ0) is 17.2. The molecule has 1 saturated heterocycles. The number of carbonyl (C=O) groups is 1. The smallest absolute Gasteiger partial charge is 0.245 e. The highest BCUT2D eigenvalue weighted by Gasteiger charge is 2.53. The van der Waals surface area contributed by atoms with Crippen molar-refractivity contribution in [3.63, 3.8) is 0 Å². The second-order valence-corrected chi connectivity index (χ2v) is 8.18. The second kappa shape index (κ2) is 5.11. The standard InChI is InChI=1S/C19H24N2O4/c1-11-2-3-14(15-16(11)24-8-18(15)4-5-18)25-13-6-12(7-13)21-17(22)19(20)9-23-10-19/h2-3,12-13H,4-10,20H2,1H3,(H,21,22). The van der Waals surface area contributed by atoms with Crippen LogP contribution in [-0.2, 0) is 14.9 Å². The first-order chi connectivity index (χ1) is 12.0. The molecule has 5 rings (SSSR count). The molecule has 0 unspecified atom stereocenters. The lowest BCUT2D eigenvalue weighted by Gasteiger charge is -2.41. The van der Waals surface area contributed by atoms with E-state index in [0.717, 1.165) is 30.9 Å². The molecule has 3 N–H and O–H groups in total. The molecule has 0 atom stereocenters. The molecule has 1 spiro atoms. The molecule has 2 aliphatic heterocycles. The van der Waals surface area contributed by atoms with Crippen molar-refractivity contribution >= 4 is 5.91 Å². The van der Waals surface area contributed by atoms with Crippen molar-refractivity contribution in [3.05, 3.63) is 23.3 Å². The first-order valence-electron chi connectivity index (χ1n) is 9.10. The summed E-state index contributed by atoms with van der Waals surface area (Å²) in [6.45, 7) is 3.49. The molecular formula is C19H24N2O4. The van der Waals surface area contributed by atoms with E-state index >= 15 is 0 Å². The monoisotopic (exact) mass is 344 g/mol. The summed E-state index contributed by atoms with van der Waals surface area (Å²) in [5.74, 6) is 1.88. The molecule has 2 aliphatic carbocycles. The predicted octanol–water partition coefficient (Wildman–Crippen LogP) is 1.17. The van der Waals surface area contributed by atoms with Crippen LogP contribution in [0.25, 0.3) is 0 Å². The number of benzene rings is 1. The Morgan fingerprint density at radius 1 is 1.28 bits per heavy atom. The van der Waals surface area contributed by atoms with Crippen molar-refractivity contribution in [2.75, 3.05) is 19.8 Å². The summed E-state index contributed by atoms with van der Waals surface area (Å²) in [7, 11) is 0. The highest BCUT2D eigenvalue weighted by atomic mass is 16.5. The molecule has 0 aromatic heterocycles. The van der Waals surface area contributed by atoms with Gasteiger partial charge in [-0.2, -0.15) is 0 Å². The number of carbonyl (C=O) groups excluding carboxylic acids is 1. The molecule has 1 amide bonds. The van der Waals surface area contributed by atoms with Crippen molar-refractivity contribution in [1.82, 2.24) is 5.32 Å². The topological polar surface area (TPSA) is 82.8 Å². The molecule has 3 fully saturated rings. The lowest BCUT2D eigenvalue weighted by atomic mass is 9.87. The van der Waals surface area contributed by atoms with Crippen molar-refractivity contribution in [2.45, 2.75) is 55.7 Å². The number of rotatable bonds is 4. The van der Waals surface area contributed by atoms with Gasteiger partial charge in [0.2, 0.25) is 5.91 Å². The number of hydrogen-bond donors (Lipinski definition) is 2. The third-order valence-electron chi connectivity index (χ3n) is 6.09. The number of nitrogens with one attached hydrogen (secondary N) is 1. The second-order valence-electron chi connectivity index (χ2n) is 8.18. The zero-order valence-corrected chi connectivity index (χ0v) is 14.5. The van der Waals surface area contributed by atoms with Crippen LogP contribution in [0.2, 0.25) is 0 Å². The van der Waals surface area contributed by atoms with Crippen LogP contribution in [0.5, 0.6) is 11.5 Å². The first kappa shape index (κ1) is 15.5. The molecule has 1 aromatic rings. The first-order valence-corrected chi connectivity index (χ1v) is 9.10. The molecular weight excluding hydrogens is 320 g/mol. The van der Waals surface area contributed by atoms with Gasteiger partial charge in [0.1, 0.15) is 23.1 Å². The van der Waals surface area contributed by atoms with E-state index in [1.54, 1.807) is 0 Å². The van der Waals surface area contributed by atoms with E-state index in [0.29, 0.717) is 13.2 Å². The van der Waals surface area contributed by atoms with Gasteiger partial charge >= 0.3 is 0 Å². The third kappa shape index (κ3) is 2.34. The van der Waals surface area contributed by atoms with Crippen molar-refractivity contribution in [3.8, 4) is 11.5 Å². The van der Waals surface area contributed by atoms with Gasteiger partial charge in [0.15, 0.2) is 0 Å². The van der Waals surface area contributed by atoms with Crippen LogP contribution in [0.1, 0.15) is 36.8 Å². The Balaban J connectivity index is 1.22. The Bertz CT molecular complexity index is 733. The highest BCUT2D eigenvalue weighted by molar-refractivity contribution is 5.87. The van der Waals surface area contributed by atoms with Crippen LogP contribution in [0.15, 0.2) is 12.1 Å². The zero-order valence-electron chi connectivity index (χ0n) is 14.5. The Kier molecular flexibility index (Phi) is 3.16. The fourth-order valence-corrected chi connectivity index (χ4v) is 4.02. The Labute approximate surface area is 147 Å². The summed E-state index contributed by atoms with van der Waals surface area (Å²) in [6.07, 6.45) is 4.14.